The molecule has 6 nitrogen and oxygen atoms in total. The van der Waals surface area contributed by atoms with Crippen LogP contribution in [-0.2, 0) is 14.8 Å². The first-order valence-electron chi connectivity index (χ1n) is 9.44. The van der Waals surface area contributed by atoms with Crippen molar-refractivity contribution in [1.82, 2.24) is 14.1 Å². The molecule has 7 heteroatoms. The number of sulfonamides is 1. The molecule has 26 heavy (non-hydrogen) atoms. The van der Waals surface area contributed by atoms with Crippen molar-refractivity contribution in [1.29, 1.82) is 0 Å². The molecule has 0 N–H and O–H groups in total. The summed E-state index contributed by atoms with van der Waals surface area (Å²) in [4.78, 5) is 17.5. The molecule has 0 spiro atoms. The van der Waals surface area contributed by atoms with Crippen LogP contribution in [0.2, 0.25) is 0 Å². The second-order valence-electron chi connectivity index (χ2n) is 7.29. The Morgan fingerprint density at radius 2 is 1.73 bits per heavy atom. The molecule has 0 aromatic heterocycles. The molecule has 2 aliphatic rings. The Balaban J connectivity index is 1.70. The second-order valence-corrected chi connectivity index (χ2v) is 9.55. The molecule has 0 aliphatic carbocycles. The summed E-state index contributed by atoms with van der Waals surface area (Å²) >= 11 is 0. The molecule has 1 unspecified atom stereocenters. The van der Waals surface area contributed by atoms with E-state index in [1.165, 1.54) is 9.87 Å². The lowest BCUT2D eigenvalue weighted by atomic mass is 9.94. The number of likely N-dealkylation sites (N-methyl/N-ethyl adjacent to an activating group) is 1. The zero-order valence-corrected chi connectivity index (χ0v) is 16.5. The van der Waals surface area contributed by atoms with Crippen molar-refractivity contribution >= 4 is 15.9 Å². The summed E-state index contributed by atoms with van der Waals surface area (Å²) in [6.07, 6.45) is 1.23. The van der Waals surface area contributed by atoms with E-state index in [2.05, 4.69) is 24.1 Å². The Morgan fingerprint density at radius 1 is 1.08 bits per heavy atom. The Bertz CT molecular complexity index is 715. The average Bonchev–Trinajstić information content (AvgIpc) is 2.68. The molecule has 0 radical (unpaired) electrons. The van der Waals surface area contributed by atoms with Crippen LogP contribution in [0.3, 0.4) is 0 Å². The first-order chi connectivity index (χ1) is 12.4. The fourth-order valence-electron chi connectivity index (χ4n) is 3.94. The SMILES string of the molecule is CCS(=O)(=O)N1CCC(C(=O)N2CCN(C)CC2c2ccccc2)CC1. The van der Waals surface area contributed by atoms with E-state index in [1.807, 2.05) is 23.1 Å². The lowest BCUT2D eigenvalue weighted by Gasteiger charge is -2.43. The molecular formula is C19H29N3O3S. The smallest absolute Gasteiger partial charge is 0.226 e. The zero-order chi connectivity index (χ0) is 18.7. The minimum atomic E-state index is -3.15. The second kappa shape index (κ2) is 8.06. The Morgan fingerprint density at radius 3 is 2.35 bits per heavy atom. The standard InChI is InChI=1S/C19H29N3O3S/c1-3-26(24,25)21-11-9-17(10-12-21)19(23)22-14-13-20(2)15-18(22)16-7-5-4-6-8-16/h4-8,17-18H,3,9-15H2,1-2H3. The Hall–Kier alpha value is -1.44. The largest absolute Gasteiger partial charge is 0.333 e. The van der Waals surface area contributed by atoms with Crippen molar-refractivity contribution < 1.29 is 13.2 Å². The van der Waals surface area contributed by atoms with Gasteiger partial charge < -0.3 is 9.80 Å². The van der Waals surface area contributed by atoms with Gasteiger partial charge in [-0.3, -0.25) is 4.79 Å². The maximum Gasteiger partial charge on any atom is 0.226 e. The summed E-state index contributed by atoms with van der Waals surface area (Å²) in [7, 11) is -1.07. The van der Waals surface area contributed by atoms with E-state index in [0.717, 1.165) is 19.6 Å². The number of hydrogen-bond acceptors (Lipinski definition) is 4. The van der Waals surface area contributed by atoms with Gasteiger partial charge in [-0.1, -0.05) is 30.3 Å². The van der Waals surface area contributed by atoms with E-state index in [0.29, 0.717) is 25.9 Å². The first-order valence-corrected chi connectivity index (χ1v) is 11.0. The van der Waals surface area contributed by atoms with Crippen LogP contribution in [0.1, 0.15) is 31.4 Å². The van der Waals surface area contributed by atoms with Gasteiger partial charge in [0.1, 0.15) is 0 Å². The molecule has 2 saturated heterocycles. The molecule has 1 aromatic rings. The molecule has 0 bridgehead atoms. The van der Waals surface area contributed by atoms with Crippen LogP contribution >= 0.6 is 0 Å². The highest BCUT2D eigenvalue weighted by Crippen LogP contribution is 2.29. The van der Waals surface area contributed by atoms with Crippen LogP contribution in [0.5, 0.6) is 0 Å². The summed E-state index contributed by atoms with van der Waals surface area (Å²) in [5, 5.41) is 0. The summed E-state index contributed by atoms with van der Waals surface area (Å²) in [6, 6.07) is 10.3. The molecule has 0 saturated carbocycles. The number of hydrogen-bond donors (Lipinski definition) is 0. The van der Waals surface area contributed by atoms with Crippen LogP contribution in [0.25, 0.3) is 0 Å². The molecule has 1 atom stereocenters. The number of carbonyl (C=O) groups is 1. The Kier molecular flexibility index (Phi) is 5.99. The van der Waals surface area contributed by atoms with Crippen molar-refractivity contribution in [2.24, 2.45) is 5.92 Å². The summed E-state index contributed by atoms with van der Waals surface area (Å²) in [5.74, 6) is 0.230. The predicted molar refractivity (Wildman–Crippen MR) is 102 cm³/mol. The number of piperazine rings is 1. The van der Waals surface area contributed by atoms with Crippen LogP contribution in [0.15, 0.2) is 30.3 Å². The average molecular weight is 380 g/mol. The maximum atomic E-state index is 13.2. The van der Waals surface area contributed by atoms with Gasteiger partial charge in [-0.15, -0.1) is 0 Å². The summed E-state index contributed by atoms with van der Waals surface area (Å²) in [6.45, 7) is 5.01. The molecule has 2 heterocycles. The van der Waals surface area contributed by atoms with E-state index in [4.69, 9.17) is 0 Å². The van der Waals surface area contributed by atoms with E-state index in [1.54, 1.807) is 6.92 Å². The van der Waals surface area contributed by atoms with Gasteiger partial charge in [0.25, 0.3) is 0 Å². The lowest BCUT2D eigenvalue weighted by Crippen LogP contribution is -2.52. The van der Waals surface area contributed by atoms with Crippen LogP contribution in [0.4, 0.5) is 0 Å². The van der Waals surface area contributed by atoms with E-state index >= 15 is 0 Å². The van der Waals surface area contributed by atoms with Crippen LogP contribution in [-0.4, -0.2) is 74.0 Å². The third kappa shape index (κ3) is 4.10. The topological polar surface area (TPSA) is 60.9 Å². The monoisotopic (exact) mass is 379 g/mol. The van der Waals surface area contributed by atoms with Gasteiger partial charge in [-0.2, -0.15) is 0 Å². The third-order valence-electron chi connectivity index (χ3n) is 5.61. The molecule has 1 aromatic carbocycles. The molecule has 144 valence electrons. The number of amides is 1. The highest BCUT2D eigenvalue weighted by molar-refractivity contribution is 7.89. The van der Waals surface area contributed by atoms with Gasteiger partial charge in [0.15, 0.2) is 0 Å². The van der Waals surface area contributed by atoms with E-state index < -0.39 is 10.0 Å². The van der Waals surface area contributed by atoms with E-state index in [9.17, 15) is 13.2 Å². The maximum absolute atomic E-state index is 13.2. The molecule has 2 aliphatic heterocycles. The van der Waals surface area contributed by atoms with Crippen molar-refractivity contribution in [2.45, 2.75) is 25.8 Å². The van der Waals surface area contributed by atoms with Crippen LogP contribution in [0, 0.1) is 5.92 Å². The molecule has 3 rings (SSSR count). The summed E-state index contributed by atoms with van der Waals surface area (Å²) < 4.78 is 25.6. The number of piperidine rings is 1. The van der Waals surface area contributed by atoms with Crippen molar-refractivity contribution in [2.75, 3.05) is 45.5 Å². The Labute approximate surface area is 156 Å². The zero-order valence-electron chi connectivity index (χ0n) is 15.7. The molecular weight excluding hydrogens is 350 g/mol. The fraction of sp³-hybridized carbons (Fsp3) is 0.632. The molecule has 1 amide bonds. The highest BCUT2D eigenvalue weighted by Gasteiger charge is 2.36. The molecule has 2 fully saturated rings. The number of nitrogens with zero attached hydrogens (tertiary/aromatic N) is 3. The quantitative estimate of drug-likeness (QED) is 0.797. The van der Waals surface area contributed by atoms with Gasteiger partial charge in [-0.25, -0.2) is 12.7 Å². The van der Waals surface area contributed by atoms with Gasteiger partial charge in [0.05, 0.1) is 11.8 Å². The van der Waals surface area contributed by atoms with Crippen LogP contribution < -0.4 is 0 Å². The number of rotatable bonds is 4. The van der Waals surface area contributed by atoms with Gasteiger partial charge in [0, 0.05) is 38.6 Å². The lowest BCUT2D eigenvalue weighted by molar-refractivity contribution is -0.141. The number of carbonyl (C=O) groups excluding carboxylic acids is 1. The first kappa shape index (κ1) is 19.3. The third-order valence-corrected chi connectivity index (χ3v) is 7.49. The van der Waals surface area contributed by atoms with Crippen molar-refractivity contribution in [3.63, 3.8) is 0 Å². The van der Waals surface area contributed by atoms with Gasteiger partial charge in [0.2, 0.25) is 15.9 Å². The minimum absolute atomic E-state index is 0.0693. The predicted octanol–water partition coefficient (Wildman–Crippen LogP) is 1.56. The minimum Gasteiger partial charge on any atom is -0.333 e. The summed E-state index contributed by atoms with van der Waals surface area (Å²) in [5.41, 5.74) is 1.17. The van der Waals surface area contributed by atoms with E-state index in [-0.39, 0.29) is 23.6 Å². The van der Waals surface area contributed by atoms with Crippen molar-refractivity contribution in [3.8, 4) is 0 Å². The van der Waals surface area contributed by atoms with Gasteiger partial charge >= 0.3 is 0 Å². The highest BCUT2D eigenvalue weighted by atomic mass is 32.2. The number of benzene rings is 1. The van der Waals surface area contributed by atoms with Crippen molar-refractivity contribution in [3.05, 3.63) is 35.9 Å². The van der Waals surface area contributed by atoms with Gasteiger partial charge in [-0.05, 0) is 32.4 Å². The normalized spacial score (nSPS) is 23.9. The fourth-order valence-corrected chi connectivity index (χ4v) is 5.07.